The third-order valence-electron chi connectivity index (χ3n) is 2.44. The first-order valence-corrected chi connectivity index (χ1v) is 5.49. The van der Waals surface area contributed by atoms with E-state index in [0.29, 0.717) is 16.9 Å². The molecule has 0 saturated heterocycles. The molecule has 2 aromatic heterocycles. The zero-order chi connectivity index (χ0) is 13.0. The maximum atomic E-state index is 12.0. The zero-order valence-electron chi connectivity index (χ0n) is 9.92. The van der Waals surface area contributed by atoms with Crippen molar-refractivity contribution in [1.82, 2.24) is 14.8 Å². The minimum atomic E-state index is -0.263. The summed E-state index contributed by atoms with van der Waals surface area (Å²) in [6.45, 7) is 2.72. The second-order valence-corrected chi connectivity index (χ2v) is 3.60. The normalized spacial score (nSPS) is 10.1. The Balaban J connectivity index is 2.16. The van der Waals surface area contributed by atoms with E-state index in [0.717, 1.165) is 6.54 Å². The first-order valence-electron chi connectivity index (χ1n) is 5.49. The zero-order valence-corrected chi connectivity index (χ0v) is 9.92. The van der Waals surface area contributed by atoms with Gasteiger partial charge in [-0.05, 0) is 13.0 Å². The fourth-order valence-electron chi connectivity index (χ4n) is 1.51. The molecule has 2 aromatic rings. The molecular weight excluding hydrogens is 232 g/mol. The Morgan fingerprint density at radius 2 is 2.33 bits per heavy atom. The van der Waals surface area contributed by atoms with E-state index in [1.807, 2.05) is 6.92 Å². The summed E-state index contributed by atoms with van der Waals surface area (Å²) in [5.41, 5.74) is 3.97. The standard InChI is InChI=1S/C11H14N6O/c1-2-17-7-8(5-14-17)15-11(18)9-3-4-13-6-10(9)16-12/h3-7,16H,2,12H2,1H3,(H,15,18). The van der Waals surface area contributed by atoms with Crippen molar-refractivity contribution in [3.63, 3.8) is 0 Å². The molecule has 0 radical (unpaired) electrons. The average Bonchev–Trinajstić information content (AvgIpc) is 2.86. The first kappa shape index (κ1) is 12.1. The molecule has 7 heteroatoms. The van der Waals surface area contributed by atoms with Gasteiger partial charge in [0.1, 0.15) is 0 Å². The number of amides is 1. The van der Waals surface area contributed by atoms with Crippen LogP contribution in [0.2, 0.25) is 0 Å². The van der Waals surface area contributed by atoms with Crippen molar-refractivity contribution in [2.75, 3.05) is 10.7 Å². The monoisotopic (exact) mass is 246 g/mol. The summed E-state index contributed by atoms with van der Waals surface area (Å²) in [5, 5.41) is 6.82. The quantitative estimate of drug-likeness (QED) is 0.548. The first-order chi connectivity index (χ1) is 8.74. The van der Waals surface area contributed by atoms with Crippen LogP contribution >= 0.6 is 0 Å². The molecule has 0 aromatic carbocycles. The Morgan fingerprint density at radius 1 is 1.50 bits per heavy atom. The maximum absolute atomic E-state index is 12.0. The summed E-state index contributed by atoms with van der Waals surface area (Å²) in [4.78, 5) is 15.9. The topological polar surface area (TPSA) is 97.9 Å². The lowest BCUT2D eigenvalue weighted by Crippen LogP contribution is -2.17. The number of nitrogens with two attached hydrogens (primary N) is 1. The number of nitrogens with zero attached hydrogens (tertiary/aromatic N) is 3. The second kappa shape index (κ2) is 5.28. The van der Waals surface area contributed by atoms with E-state index in [1.165, 1.54) is 12.4 Å². The van der Waals surface area contributed by atoms with E-state index < -0.39 is 0 Å². The summed E-state index contributed by atoms with van der Waals surface area (Å²) in [5.74, 6) is 5.06. The number of anilines is 2. The van der Waals surface area contributed by atoms with Gasteiger partial charge < -0.3 is 10.7 Å². The number of carbonyl (C=O) groups is 1. The molecule has 0 spiro atoms. The Labute approximate surface area is 104 Å². The van der Waals surface area contributed by atoms with Gasteiger partial charge in [0.05, 0.1) is 29.3 Å². The number of aryl methyl sites for hydroxylation is 1. The van der Waals surface area contributed by atoms with Crippen molar-refractivity contribution in [3.8, 4) is 0 Å². The van der Waals surface area contributed by atoms with Crippen LogP contribution in [-0.2, 0) is 6.54 Å². The molecule has 18 heavy (non-hydrogen) atoms. The molecule has 0 aliphatic heterocycles. The van der Waals surface area contributed by atoms with Gasteiger partial charge in [-0.1, -0.05) is 0 Å². The van der Waals surface area contributed by atoms with Gasteiger partial charge >= 0.3 is 0 Å². The molecule has 0 bridgehead atoms. The fraction of sp³-hybridized carbons (Fsp3) is 0.182. The number of rotatable bonds is 4. The Bertz CT molecular complexity index is 550. The predicted molar refractivity (Wildman–Crippen MR) is 67.9 cm³/mol. The van der Waals surface area contributed by atoms with Gasteiger partial charge in [0.25, 0.3) is 5.91 Å². The second-order valence-electron chi connectivity index (χ2n) is 3.60. The van der Waals surface area contributed by atoms with Crippen LogP contribution in [0.3, 0.4) is 0 Å². The lowest BCUT2D eigenvalue weighted by molar-refractivity contribution is 0.102. The van der Waals surface area contributed by atoms with Gasteiger partial charge in [0.2, 0.25) is 0 Å². The summed E-state index contributed by atoms with van der Waals surface area (Å²) >= 11 is 0. The Hall–Kier alpha value is -2.41. The van der Waals surface area contributed by atoms with Gasteiger partial charge in [0.15, 0.2) is 0 Å². The van der Waals surface area contributed by atoms with Gasteiger partial charge in [-0.2, -0.15) is 5.10 Å². The molecule has 0 aliphatic carbocycles. The Morgan fingerprint density at radius 3 is 3.00 bits per heavy atom. The van der Waals surface area contributed by atoms with Crippen LogP contribution in [-0.4, -0.2) is 20.7 Å². The van der Waals surface area contributed by atoms with Crippen molar-refractivity contribution in [2.24, 2.45) is 5.84 Å². The number of hydrogen-bond acceptors (Lipinski definition) is 5. The van der Waals surface area contributed by atoms with Crippen LogP contribution in [0.15, 0.2) is 30.9 Å². The third-order valence-corrected chi connectivity index (χ3v) is 2.44. The highest BCUT2D eigenvalue weighted by Gasteiger charge is 2.11. The van der Waals surface area contributed by atoms with E-state index in [1.54, 1.807) is 23.1 Å². The van der Waals surface area contributed by atoms with Crippen LogP contribution < -0.4 is 16.6 Å². The van der Waals surface area contributed by atoms with Crippen LogP contribution in [0.4, 0.5) is 11.4 Å². The van der Waals surface area contributed by atoms with Crippen molar-refractivity contribution < 1.29 is 4.79 Å². The van der Waals surface area contributed by atoms with E-state index >= 15 is 0 Å². The summed E-state index contributed by atoms with van der Waals surface area (Å²) < 4.78 is 1.73. The SMILES string of the molecule is CCn1cc(NC(=O)c2ccncc2NN)cn1. The molecule has 0 unspecified atom stereocenters. The minimum absolute atomic E-state index is 0.263. The fourth-order valence-corrected chi connectivity index (χ4v) is 1.51. The number of nitrogens with one attached hydrogen (secondary N) is 2. The van der Waals surface area contributed by atoms with Crippen molar-refractivity contribution in [3.05, 3.63) is 36.4 Å². The molecular formula is C11H14N6O. The molecule has 0 atom stereocenters. The molecule has 2 rings (SSSR count). The van der Waals surface area contributed by atoms with E-state index in [9.17, 15) is 4.79 Å². The molecule has 1 amide bonds. The highest BCUT2D eigenvalue weighted by Crippen LogP contribution is 2.14. The molecule has 2 heterocycles. The van der Waals surface area contributed by atoms with Crippen LogP contribution in [0.1, 0.15) is 17.3 Å². The number of nitrogen functional groups attached to an aromatic ring is 1. The van der Waals surface area contributed by atoms with E-state index in [4.69, 9.17) is 5.84 Å². The number of carbonyl (C=O) groups excluding carboxylic acids is 1. The van der Waals surface area contributed by atoms with Crippen LogP contribution in [0, 0.1) is 0 Å². The number of hydrogen-bond donors (Lipinski definition) is 3. The van der Waals surface area contributed by atoms with E-state index in [2.05, 4.69) is 20.8 Å². The number of pyridine rings is 1. The summed E-state index contributed by atoms with van der Waals surface area (Å²) in [7, 11) is 0. The highest BCUT2D eigenvalue weighted by atomic mass is 16.1. The summed E-state index contributed by atoms with van der Waals surface area (Å²) in [6.07, 6.45) is 6.38. The average molecular weight is 246 g/mol. The number of aromatic nitrogens is 3. The highest BCUT2D eigenvalue weighted by molar-refractivity contribution is 6.07. The predicted octanol–water partition coefficient (Wildman–Crippen LogP) is 0.836. The van der Waals surface area contributed by atoms with Crippen molar-refractivity contribution in [2.45, 2.75) is 13.5 Å². The van der Waals surface area contributed by atoms with Crippen LogP contribution in [0.25, 0.3) is 0 Å². The third kappa shape index (κ3) is 2.46. The molecule has 4 N–H and O–H groups in total. The lowest BCUT2D eigenvalue weighted by Gasteiger charge is -2.07. The molecule has 94 valence electrons. The molecule has 0 saturated carbocycles. The van der Waals surface area contributed by atoms with Gasteiger partial charge in [0, 0.05) is 18.9 Å². The lowest BCUT2D eigenvalue weighted by atomic mass is 10.2. The van der Waals surface area contributed by atoms with Gasteiger partial charge in [-0.3, -0.25) is 20.3 Å². The van der Waals surface area contributed by atoms with Crippen molar-refractivity contribution in [1.29, 1.82) is 0 Å². The number of hydrazine groups is 1. The molecule has 7 nitrogen and oxygen atoms in total. The van der Waals surface area contributed by atoms with Gasteiger partial charge in [-0.15, -0.1) is 0 Å². The van der Waals surface area contributed by atoms with Crippen LogP contribution in [0.5, 0.6) is 0 Å². The van der Waals surface area contributed by atoms with E-state index in [-0.39, 0.29) is 5.91 Å². The smallest absolute Gasteiger partial charge is 0.258 e. The maximum Gasteiger partial charge on any atom is 0.258 e. The summed E-state index contributed by atoms with van der Waals surface area (Å²) in [6, 6.07) is 1.59. The minimum Gasteiger partial charge on any atom is -0.322 e. The van der Waals surface area contributed by atoms with Gasteiger partial charge in [-0.25, -0.2) is 0 Å². The molecule has 0 aliphatic rings. The largest absolute Gasteiger partial charge is 0.322 e. The molecule has 0 fully saturated rings. The Kier molecular flexibility index (Phi) is 3.54. The van der Waals surface area contributed by atoms with Crippen molar-refractivity contribution >= 4 is 17.3 Å².